The van der Waals surface area contributed by atoms with Crippen molar-refractivity contribution >= 4 is 35.2 Å². The summed E-state index contributed by atoms with van der Waals surface area (Å²) < 4.78 is 0. The van der Waals surface area contributed by atoms with Gasteiger partial charge in [-0.05, 0) is 30.5 Å². The fraction of sp³-hybridized carbons (Fsp3) is 0.480. The van der Waals surface area contributed by atoms with E-state index in [-0.39, 0.29) is 17.9 Å². The van der Waals surface area contributed by atoms with Gasteiger partial charge < -0.3 is 15.1 Å². The van der Waals surface area contributed by atoms with Crippen LogP contribution in [0, 0.1) is 0 Å². The summed E-state index contributed by atoms with van der Waals surface area (Å²) in [5.74, 6) is 1.78. The molecular weight excluding hydrogens is 416 g/mol. The SMILES string of the molecule is CCC(=O)N1CCCC(Nc2nc(Cc3ccc(N(C)C(=O)CC)cc3)nc3c2N=CC3)C1. The average molecular weight is 449 g/mol. The van der Waals surface area contributed by atoms with Crippen LogP contribution < -0.4 is 10.2 Å². The number of likely N-dealkylation sites (tertiary alicyclic amines) is 1. The summed E-state index contributed by atoms with van der Waals surface area (Å²) in [6.45, 7) is 5.28. The van der Waals surface area contributed by atoms with E-state index in [1.165, 1.54) is 0 Å². The number of nitrogens with zero attached hydrogens (tertiary/aromatic N) is 5. The number of amides is 2. The zero-order chi connectivity index (χ0) is 23.4. The summed E-state index contributed by atoms with van der Waals surface area (Å²) in [5.41, 5.74) is 3.70. The molecule has 1 aromatic heterocycles. The van der Waals surface area contributed by atoms with Gasteiger partial charge in [-0.3, -0.25) is 14.6 Å². The third-order valence-electron chi connectivity index (χ3n) is 6.29. The number of piperidine rings is 1. The maximum absolute atomic E-state index is 12.2. The van der Waals surface area contributed by atoms with E-state index in [1.807, 2.05) is 49.2 Å². The van der Waals surface area contributed by atoms with E-state index in [9.17, 15) is 9.59 Å². The normalized spacial score (nSPS) is 17.1. The molecule has 0 aliphatic carbocycles. The van der Waals surface area contributed by atoms with Crippen LogP contribution in [0.3, 0.4) is 0 Å². The quantitative estimate of drug-likeness (QED) is 0.700. The maximum atomic E-state index is 12.2. The molecule has 1 aromatic carbocycles. The van der Waals surface area contributed by atoms with Crippen LogP contribution in [-0.4, -0.2) is 59.1 Å². The topological polar surface area (TPSA) is 90.8 Å². The van der Waals surface area contributed by atoms with E-state index >= 15 is 0 Å². The van der Waals surface area contributed by atoms with Crippen LogP contribution in [0.5, 0.6) is 0 Å². The number of hydrogen-bond acceptors (Lipinski definition) is 6. The highest BCUT2D eigenvalue weighted by atomic mass is 16.2. The van der Waals surface area contributed by atoms with Crippen molar-refractivity contribution in [3.05, 3.63) is 41.3 Å². The Hall–Kier alpha value is -3.29. The number of benzene rings is 1. The molecule has 1 unspecified atom stereocenters. The standard InChI is InChI=1S/C25H32N6O2/c1-4-22(32)30(3)19-10-8-17(9-11-19)15-21-28-20-12-13-26-24(20)25(29-21)27-18-7-6-14-31(16-18)23(33)5-2/h8-11,13,18H,4-7,12,14-16H2,1-3H3,(H,27,28,29). The molecular formula is C25H32N6O2. The van der Waals surface area contributed by atoms with Crippen LogP contribution >= 0.6 is 0 Å². The first kappa shape index (κ1) is 22.9. The second-order valence-electron chi connectivity index (χ2n) is 8.63. The van der Waals surface area contributed by atoms with Gasteiger partial charge in [0.15, 0.2) is 5.82 Å². The van der Waals surface area contributed by atoms with Gasteiger partial charge in [-0.25, -0.2) is 9.97 Å². The summed E-state index contributed by atoms with van der Waals surface area (Å²) >= 11 is 0. The van der Waals surface area contributed by atoms with Crippen LogP contribution in [0.15, 0.2) is 29.3 Å². The molecule has 2 aliphatic heterocycles. The van der Waals surface area contributed by atoms with E-state index in [2.05, 4.69) is 10.3 Å². The molecule has 0 bridgehead atoms. The number of hydrogen-bond donors (Lipinski definition) is 1. The minimum atomic E-state index is 0.0855. The fourth-order valence-corrected chi connectivity index (χ4v) is 4.37. The molecule has 1 atom stereocenters. The smallest absolute Gasteiger partial charge is 0.226 e. The molecule has 33 heavy (non-hydrogen) atoms. The molecule has 1 N–H and O–H groups in total. The predicted octanol–water partition coefficient (Wildman–Crippen LogP) is 3.51. The number of fused-ring (bicyclic) bond motifs is 1. The summed E-state index contributed by atoms with van der Waals surface area (Å²) in [6, 6.07) is 8.11. The number of anilines is 2. The third-order valence-corrected chi connectivity index (χ3v) is 6.29. The number of carbonyl (C=O) groups excluding carboxylic acids is 2. The molecule has 2 amide bonds. The lowest BCUT2D eigenvalue weighted by Crippen LogP contribution is -2.45. The molecule has 1 fully saturated rings. The van der Waals surface area contributed by atoms with Gasteiger partial charge in [0.05, 0.1) is 5.69 Å². The molecule has 0 saturated carbocycles. The Morgan fingerprint density at radius 2 is 1.94 bits per heavy atom. The van der Waals surface area contributed by atoms with Crippen LogP contribution in [0.1, 0.15) is 56.6 Å². The first-order chi connectivity index (χ1) is 16.0. The van der Waals surface area contributed by atoms with Crippen LogP contribution in [0.4, 0.5) is 17.2 Å². The van der Waals surface area contributed by atoms with Gasteiger partial charge in [-0.1, -0.05) is 26.0 Å². The van der Waals surface area contributed by atoms with Crippen molar-refractivity contribution in [2.75, 3.05) is 30.4 Å². The Bertz CT molecular complexity index is 1050. The Labute approximate surface area is 195 Å². The lowest BCUT2D eigenvalue weighted by atomic mass is 10.1. The second-order valence-corrected chi connectivity index (χ2v) is 8.63. The number of aromatic nitrogens is 2. The molecule has 3 heterocycles. The van der Waals surface area contributed by atoms with E-state index in [4.69, 9.17) is 9.97 Å². The van der Waals surface area contributed by atoms with Crippen LogP contribution in [0.2, 0.25) is 0 Å². The molecule has 8 heteroatoms. The monoisotopic (exact) mass is 448 g/mol. The summed E-state index contributed by atoms with van der Waals surface area (Å²) in [6.07, 6.45) is 6.16. The minimum absolute atomic E-state index is 0.0855. The lowest BCUT2D eigenvalue weighted by molar-refractivity contribution is -0.131. The Kier molecular flexibility index (Phi) is 7.01. The summed E-state index contributed by atoms with van der Waals surface area (Å²) in [5, 5.41) is 3.56. The summed E-state index contributed by atoms with van der Waals surface area (Å²) in [7, 11) is 1.79. The van der Waals surface area contributed by atoms with Crippen molar-refractivity contribution in [3.63, 3.8) is 0 Å². The van der Waals surface area contributed by atoms with E-state index in [1.54, 1.807) is 11.9 Å². The van der Waals surface area contributed by atoms with Gasteiger partial charge in [-0.15, -0.1) is 0 Å². The molecule has 2 aliphatic rings. The van der Waals surface area contributed by atoms with E-state index in [0.717, 1.165) is 53.7 Å². The van der Waals surface area contributed by atoms with Crippen molar-refractivity contribution < 1.29 is 9.59 Å². The highest BCUT2D eigenvalue weighted by Crippen LogP contribution is 2.32. The second kappa shape index (κ2) is 10.1. The number of aliphatic imine (C=N–C) groups is 1. The molecule has 2 aromatic rings. The van der Waals surface area contributed by atoms with Gasteiger partial charge in [-0.2, -0.15) is 0 Å². The average Bonchev–Trinajstić information content (AvgIpc) is 3.32. The van der Waals surface area contributed by atoms with E-state index in [0.29, 0.717) is 32.2 Å². The minimum Gasteiger partial charge on any atom is -0.364 e. The molecule has 1 saturated heterocycles. The molecule has 0 radical (unpaired) electrons. The maximum Gasteiger partial charge on any atom is 0.226 e. The zero-order valence-corrected chi connectivity index (χ0v) is 19.7. The van der Waals surface area contributed by atoms with Crippen molar-refractivity contribution in [1.29, 1.82) is 0 Å². The highest BCUT2D eigenvalue weighted by Gasteiger charge is 2.25. The number of nitrogens with one attached hydrogen (secondary N) is 1. The Morgan fingerprint density at radius 3 is 2.67 bits per heavy atom. The molecule has 0 spiro atoms. The van der Waals surface area contributed by atoms with Crippen LogP contribution in [-0.2, 0) is 22.4 Å². The van der Waals surface area contributed by atoms with Crippen molar-refractivity contribution in [3.8, 4) is 0 Å². The molecule has 8 nitrogen and oxygen atoms in total. The van der Waals surface area contributed by atoms with Crippen molar-refractivity contribution in [1.82, 2.24) is 14.9 Å². The highest BCUT2D eigenvalue weighted by molar-refractivity contribution is 5.92. The van der Waals surface area contributed by atoms with Crippen molar-refractivity contribution in [2.45, 2.75) is 58.4 Å². The fourth-order valence-electron chi connectivity index (χ4n) is 4.37. The number of carbonyl (C=O) groups is 2. The largest absolute Gasteiger partial charge is 0.364 e. The van der Waals surface area contributed by atoms with Gasteiger partial charge in [0.25, 0.3) is 0 Å². The first-order valence-corrected chi connectivity index (χ1v) is 11.8. The first-order valence-electron chi connectivity index (χ1n) is 11.8. The van der Waals surface area contributed by atoms with Gasteiger partial charge in [0, 0.05) is 63.8 Å². The predicted molar refractivity (Wildman–Crippen MR) is 130 cm³/mol. The zero-order valence-electron chi connectivity index (χ0n) is 19.7. The van der Waals surface area contributed by atoms with E-state index < -0.39 is 0 Å². The van der Waals surface area contributed by atoms with Gasteiger partial charge in [0.1, 0.15) is 11.5 Å². The Balaban J connectivity index is 1.50. The lowest BCUT2D eigenvalue weighted by Gasteiger charge is -2.33. The molecule has 174 valence electrons. The van der Waals surface area contributed by atoms with Crippen LogP contribution in [0.25, 0.3) is 0 Å². The van der Waals surface area contributed by atoms with Gasteiger partial charge in [0.2, 0.25) is 11.8 Å². The van der Waals surface area contributed by atoms with Gasteiger partial charge >= 0.3 is 0 Å². The third kappa shape index (κ3) is 5.21. The van der Waals surface area contributed by atoms with Crippen molar-refractivity contribution in [2.24, 2.45) is 4.99 Å². The number of rotatable bonds is 7. The Morgan fingerprint density at radius 1 is 1.15 bits per heavy atom. The summed E-state index contributed by atoms with van der Waals surface area (Å²) in [4.78, 5) is 41.8. The molecule has 4 rings (SSSR count).